The molecule has 1 aliphatic carbocycles. The van der Waals surface area contributed by atoms with E-state index in [-0.39, 0.29) is 47.2 Å². The first kappa shape index (κ1) is 17.4. The van der Waals surface area contributed by atoms with E-state index in [0.29, 0.717) is 12.8 Å². The summed E-state index contributed by atoms with van der Waals surface area (Å²) in [6.45, 7) is 1.68. The van der Waals surface area contributed by atoms with Gasteiger partial charge in [-0.25, -0.2) is 12.8 Å². The lowest BCUT2D eigenvalue weighted by molar-refractivity contribution is -0.145. The molecule has 8 heteroatoms. The van der Waals surface area contributed by atoms with Gasteiger partial charge in [0.15, 0.2) is 0 Å². The molecule has 0 saturated carbocycles. The van der Waals surface area contributed by atoms with Crippen molar-refractivity contribution < 1.29 is 22.4 Å². The van der Waals surface area contributed by atoms with Crippen LogP contribution in [0.15, 0.2) is 35.2 Å². The lowest BCUT2D eigenvalue weighted by Gasteiger charge is -2.42. The molecule has 6 nitrogen and oxygen atoms in total. The van der Waals surface area contributed by atoms with Crippen molar-refractivity contribution in [3.05, 3.63) is 41.7 Å². The van der Waals surface area contributed by atoms with Gasteiger partial charge in [-0.3, -0.25) is 14.5 Å². The molecule has 1 aromatic carbocycles. The number of imide groups is 1. The van der Waals surface area contributed by atoms with Crippen molar-refractivity contribution in [2.24, 2.45) is 11.8 Å². The molecule has 2 atom stereocenters. The Hall–Kier alpha value is -2.06. The van der Waals surface area contributed by atoms with Gasteiger partial charge in [0, 0.05) is 13.1 Å². The number of amides is 2. The molecular formula is C18H19FN2O4S. The van der Waals surface area contributed by atoms with Gasteiger partial charge in [-0.05, 0) is 43.5 Å². The second kappa shape index (κ2) is 5.99. The minimum atomic E-state index is -3.76. The molecule has 0 radical (unpaired) electrons. The van der Waals surface area contributed by atoms with Crippen molar-refractivity contribution in [2.75, 3.05) is 13.1 Å². The van der Waals surface area contributed by atoms with Crippen LogP contribution in [0.4, 0.5) is 4.39 Å². The van der Waals surface area contributed by atoms with Crippen LogP contribution < -0.4 is 0 Å². The number of aryl methyl sites for hydroxylation is 1. The average molecular weight is 378 g/mol. The summed E-state index contributed by atoms with van der Waals surface area (Å²) in [5.74, 6) is -1.46. The van der Waals surface area contributed by atoms with Gasteiger partial charge in [-0.2, -0.15) is 4.31 Å². The number of hydrogen-bond donors (Lipinski definition) is 0. The minimum absolute atomic E-state index is 0.0202. The summed E-state index contributed by atoms with van der Waals surface area (Å²) in [4.78, 5) is 26.4. The Bertz CT molecular complexity index is 895. The van der Waals surface area contributed by atoms with Crippen molar-refractivity contribution in [1.29, 1.82) is 0 Å². The smallest absolute Gasteiger partial charge is 0.243 e. The lowest BCUT2D eigenvalue weighted by atomic mass is 9.85. The van der Waals surface area contributed by atoms with Gasteiger partial charge >= 0.3 is 0 Å². The maximum Gasteiger partial charge on any atom is 0.243 e. The van der Waals surface area contributed by atoms with Crippen LogP contribution in [0.5, 0.6) is 0 Å². The largest absolute Gasteiger partial charge is 0.276 e. The number of carbonyl (C=O) groups excluding carboxylic acids is 2. The molecule has 26 heavy (non-hydrogen) atoms. The maximum absolute atomic E-state index is 13.4. The van der Waals surface area contributed by atoms with Gasteiger partial charge in [0.2, 0.25) is 21.8 Å². The highest BCUT2D eigenvalue weighted by molar-refractivity contribution is 7.89. The first-order valence-corrected chi connectivity index (χ1v) is 10.0. The molecule has 2 amide bonds. The summed E-state index contributed by atoms with van der Waals surface area (Å²) >= 11 is 0. The molecule has 0 aromatic heterocycles. The third-order valence-electron chi connectivity index (χ3n) is 5.50. The fourth-order valence-electron chi connectivity index (χ4n) is 3.89. The third-order valence-corrected chi connectivity index (χ3v) is 7.33. The van der Waals surface area contributed by atoms with Crippen molar-refractivity contribution in [3.63, 3.8) is 0 Å². The first-order valence-electron chi connectivity index (χ1n) is 8.59. The SMILES string of the molecule is Cc1cc(S(=O)(=O)N2CC(N3C(=O)[C@H]4CC=CC[C@H]4C3=O)C2)ccc1F. The minimum Gasteiger partial charge on any atom is -0.276 e. The van der Waals surface area contributed by atoms with E-state index in [4.69, 9.17) is 0 Å². The topological polar surface area (TPSA) is 74.8 Å². The number of carbonyl (C=O) groups is 2. The number of halogens is 1. The zero-order valence-corrected chi connectivity index (χ0v) is 15.1. The molecule has 0 N–H and O–H groups in total. The molecular weight excluding hydrogens is 359 g/mol. The number of nitrogens with zero attached hydrogens (tertiary/aromatic N) is 2. The Morgan fingerprint density at radius 2 is 1.62 bits per heavy atom. The van der Waals surface area contributed by atoms with Crippen LogP contribution in [0.1, 0.15) is 18.4 Å². The molecule has 0 bridgehead atoms. The number of hydrogen-bond acceptors (Lipinski definition) is 4. The van der Waals surface area contributed by atoms with Gasteiger partial charge in [0.05, 0.1) is 22.8 Å². The van der Waals surface area contributed by atoms with E-state index in [2.05, 4.69) is 0 Å². The number of fused-ring (bicyclic) bond motifs is 1. The molecule has 2 fully saturated rings. The molecule has 1 aromatic rings. The van der Waals surface area contributed by atoms with Crippen LogP contribution in [-0.4, -0.2) is 48.6 Å². The van der Waals surface area contributed by atoms with E-state index in [1.807, 2.05) is 12.2 Å². The van der Waals surface area contributed by atoms with E-state index in [1.165, 1.54) is 28.3 Å². The Morgan fingerprint density at radius 1 is 1.04 bits per heavy atom. The number of likely N-dealkylation sites (tertiary alicyclic amines) is 1. The molecule has 0 unspecified atom stereocenters. The van der Waals surface area contributed by atoms with Crippen LogP contribution in [0.25, 0.3) is 0 Å². The van der Waals surface area contributed by atoms with E-state index in [9.17, 15) is 22.4 Å². The summed E-state index contributed by atoms with van der Waals surface area (Å²) in [7, 11) is -3.76. The van der Waals surface area contributed by atoms with Crippen molar-refractivity contribution in [3.8, 4) is 0 Å². The van der Waals surface area contributed by atoms with Crippen LogP contribution in [-0.2, 0) is 19.6 Å². The second-order valence-electron chi connectivity index (χ2n) is 7.09. The van der Waals surface area contributed by atoms with E-state index in [0.717, 1.165) is 6.07 Å². The number of sulfonamides is 1. The summed E-state index contributed by atoms with van der Waals surface area (Å²) in [5.41, 5.74) is 0.254. The summed E-state index contributed by atoms with van der Waals surface area (Å²) in [6.07, 6.45) is 4.97. The van der Waals surface area contributed by atoms with E-state index in [1.54, 1.807) is 0 Å². The van der Waals surface area contributed by atoms with Gasteiger partial charge in [0.25, 0.3) is 0 Å². The number of benzene rings is 1. The Labute approximate surface area is 151 Å². The van der Waals surface area contributed by atoms with Crippen molar-refractivity contribution in [2.45, 2.75) is 30.7 Å². The predicted octanol–water partition coefficient (Wildman–Crippen LogP) is 1.46. The summed E-state index contributed by atoms with van der Waals surface area (Å²) in [6, 6.07) is 3.24. The lowest BCUT2D eigenvalue weighted by Crippen LogP contribution is -2.62. The number of rotatable bonds is 3. The first-order chi connectivity index (χ1) is 12.3. The predicted molar refractivity (Wildman–Crippen MR) is 90.9 cm³/mol. The molecule has 2 saturated heterocycles. The maximum atomic E-state index is 13.4. The van der Waals surface area contributed by atoms with E-state index < -0.39 is 21.9 Å². The Kier molecular flexibility index (Phi) is 4.00. The third kappa shape index (κ3) is 2.51. The second-order valence-corrected chi connectivity index (χ2v) is 9.03. The van der Waals surface area contributed by atoms with Crippen LogP contribution in [0.2, 0.25) is 0 Å². The monoisotopic (exact) mass is 378 g/mol. The van der Waals surface area contributed by atoms with Crippen molar-refractivity contribution in [1.82, 2.24) is 9.21 Å². The summed E-state index contributed by atoms with van der Waals surface area (Å²) < 4.78 is 39.9. The molecule has 2 heterocycles. The fourth-order valence-corrected chi connectivity index (χ4v) is 5.49. The highest BCUT2D eigenvalue weighted by Gasteiger charge is 2.53. The van der Waals surface area contributed by atoms with Gasteiger partial charge in [-0.15, -0.1) is 0 Å². The average Bonchev–Trinajstić information content (AvgIpc) is 2.81. The van der Waals surface area contributed by atoms with Crippen LogP contribution in [0.3, 0.4) is 0 Å². The van der Waals surface area contributed by atoms with E-state index >= 15 is 0 Å². The molecule has 4 rings (SSSR count). The van der Waals surface area contributed by atoms with Crippen LogP contribution in [0, 0.1) is 24.6 Å². The standard InChI is InChI=1S/C18H19FN2O4S/c1-11-8-13(6-7-16(11)19)26(24,25)20-9-12(10-20)21-17(22)14-4-2-3-5-15(14)18(21)23/h2-3,6-8,12,14-15H,4-5,9-10H2,1H3/t14-,15+. The highest BCUT2D eigenvalue weighted by atomic mass is 32.2. The van der Waals surface area contributed by atoms with Gasteiger partial charge in [0.1, 0.15) is 5.82 Å². The molecule has 2 aliphatic heterocycles. The van der Waals surface area contributed by atoms with Crippen LogP contribution >= 0.6 is 0 Å². The Balaban J connectivity index is 1.49. The normalized spacial score (nSPS) is 26.9. The quantitative estimate of drug-likeness (QED) is 0.590. The molecule has 3 aliphatic rings. The molecule has 138 valence electrons. The molecule has 0 spiro atoms. The zero-order chi connectivity index (χ0) is 18.6. The van der Waals surface area contributed by atoms with Gasteiger partial charge < -0.3 is 0 Å². The highest BCUT2D eigenvalue weighted by Crippen LogP contribution is 2.38. The number of allylic oxidation sites excluding steroid dienone is 2. The fraction of sp³-hybridized carbons (Fsp3) is 0.444. The van der Waals surface area contributed by atoms with Gasteiger partial charge in [-0.1, -0.05) is 12.2 Å². The zero-order valence-electron chi connectivity index (χ0n) is 14.3. The summed E-state index contributed by atoms with van der Waals surface area (Å²) in [5, 5.41) is 0. The Morgan fingerprint density at radius 3 is 2.15 bits per heavy atom. The van der Waals surface area contributed by atoms with Crippen molar-refractivity contribution >= 4 is 21.8 Å².